The van der Waals surface area contributed by atoms with Crippen LogP contribution in [0.2, 0.25) is 0 Å². The van der Waals surface area contributed by atoms with Crippen LogP contribution in [0, 0.1) is 6.92 Å². The molecule has 3 aromatic carbocycles. The zero-order valence-electron chi connectivity index (χ0n) is 15.3. The van der Waals surface area contributed by atoms with Crippen LogP contribution in [0.4, 0.5) is 5.69 Å². The minimum atomic E-state index is -0.893. The van der Waals surface area contributed by atoms with Crippen LogP contribution < -0.4 is 5.32 Å². The van der Waals surface area contributed by atoms with E-state index in [-0.39, 0.29) is 5.91 Å². The lowest BCUT2D eigenvalue weighted by Crippen LogP contribution is -2.29. The van der Waals surface area contributed by atoms with Crippen LogP contribution in [-0.4, -0.2) is 18.0 Å². The highest BCUT2D eigenvalue weighted by molar-refractivity contribution is 5.98. The number of fused-ring (bicyclic) bond motifs is 1. The van der Waals surface area contributed by atoms with Crippen molar-refractivity contribution < 1.29 is 14.3 Å². The maximum absolute atomic E-state index is 12.2. The predicted molar refractivity (Wildman–Crippen MR) is 108 cm³/mol. The molecule has 0 heterocycles. The number of nitrogens with one attached hydrogen (secondary N) is 1. The number of rotatable bonds is 5. The summed E-state index contributed by atoms with van der Waals surface area (Å²) in [5.41, 5.74) is 2.69. The average Bonchev–Trinajstić information content (AvgIpc) is 2.68. The fraction of sp³-hybridized carbons (Fsp3) is 0.130. The lowest BCUT2D eigenvalue weighted by Gasteiger charge is -2.12. The van der Waals surface area contributed by atoms with Gasteiger partial charge >= 0.3 is 5.97 Å². The molecule has 1 N–H and O–H groups in total. The van der Waals surface area contributed by atoms with Gasteiger partial charge in [0, 0.05) is 11.8 Å². The van der Waals surface area contributed by atoms with Crippen molar-refractivity contribution in [2.45, 2.75) is 20.0 Å². The zero-order valence-corrected chi connectivity index (χ0v) is 15.3. The number of carbonyl (C=O) groups is 2. The van der Waals surface area contributed by atoms with E-state index in [1.807, 2.05) is 73.7 Å². The Balaban J connectivity index is 1.61. The fourth-order valence-electron chi connectivity index (χ4n) is 2.70. The lowest BCUT2D eigenvalue weighted by atomic mass is 10.0. The third-order valence-corrected chi connectivity index (χ3v) is 4.20. The van der Waals surface area contributed by atoms with E-state index in [4.69, 9.17) is 4.74 Å². The Labute approximate surface area is 158 Å². The highest BCUT2D eigenvalue weighted by Gasteiger charge is 2.16. The molecule has 0 aliphatic heterocycles. The van der Waals surface area contributed by atoms with Gasteiger partial charge in [0.2, 0.25) is 0 Å². The number of anilines is 1. The first-order valence-corrected chi connectivity index (χ1v) is 8.77. The highest BCUT2D eigenvalue weighted by Crippen LogP contribution is 2.19. The van der Waals surface area contributed by atoms with E-state index in [1.54, 1.807) is 13.0 Å². The van der Waals surface area contributed by atoms with Crippen molar-refractivity contribution in [3.05, 3.63) is 83.9 Å². The molecule has 0 saturated carbocycles. The fourth-order valence-corrected chi connectivity index (χ4v) is 2.70. The second-order valence-corrected chi connectivity index (χ2v) is 6.34. The summed E-state index contributed by atoms with van der Waals surface area (Å²) in [5.74, 6) is -0.930. The van der Waals surface area contributed by atoms with E-state index >= 15 is 0 Å². The van der Waals surface area contributed by atoms with Gasteiger partial charge in [-0.05, 0) is 48.4 Å². The summed E-state index contributed by atoms with van der Waals surface area (Å²) in [7, 11) is 0. The van der Waals surface area contributed by atoms with Gasteiger partial charge in [0.05, 0.1) is 0 Å². The van der Waals surface area contributed by atoms with Gasteiger partial charge in [-0.25, -0.2) is 4.79 Å². The summed E-state index contributed by atoms with van der Waals surface area (Å²) in [5, 5.41) is 4.88. The number of ether oxygens (including phenoxy) is 1. The van der Waals surface area contributed by atoms with E-state index in [0.29, 0.717) is 5.69 Å². The van der Waals surface area contributed by atoms with Gasteiger partial charge in [-0.2, -0.15) is 0 Å². The predicted octanol–water partition coefficient (Wildman–Crippen LogP) is 4.73. The molecule has 0 aromatic heterocycles. The maximum Gasteiger partial charge on any atom is 0.331 e. The molecule has 4 heteroatoms. The molecule has 27 heavy (non-hydrogen) atoms. The molecule has 0 bridgehead atoms. The van der Waals surface area contributed by atoms with Crippen LogP contribution in [0.3, 0.4) is 0 Å². The van der Waals surface area contributed by atoms with Crippen LogP contribution in [-0.2, 0) is 14.3 Å². The summed E-state index contributed by atoms with van der Waals surface area (Å²) in [6, 6.07) is 21.2. The van der Waals surface area contributed by atoms with Gasteiger partial charge in [-0.1, -0.05) is 60.2 Å². The standard InChI is InChI=1S/C23H21NO3/c1-16-10-13-20(14-11-16)24-23(26)17(2)27-22(25)15-12-19-8-5-7-18-6-3-4-9-21(18)19/h3-15,17H,1-2H3,(H,24,26)/b15-12+/t17-/m0/s1. The molecule has 0 radical (unpaired) electrons. The van der Waals surface area contributed by atoms with Gasteiger partial charge in [-0.3, -0.25) is 4.79 Å². The number of benzene rings is 3. The molecule has 136 valence electrons. The van der Waals surface area contributed by atoms with Gasteiger partial charge in [0.25, 0.3) is 5.91 Å². The average molecular weight is 359 g/mol. The van der Waals surface area contributed by atoms with Crippen LogP contribution in [0.15, 0.2) is 72.8 Å². The van der Waals surface area contributed by atoms with Crippen LogP contribution in [0.5, 0.6) is 0 Å². The lowest BCUT2D eigenvalue weighted by molar-refractivity contribution is -0.148. The Morgan fingerprint density at radius 1 is 0.963 bits per heavy atom. The number of amides is 1. The number of carbonyl (C=O) groups excluding carboxylic acids is 2. The number of esters is 1. The molecular weight excluding hydrogens is 338 g/mol. The number of hydrogen-bond acceptors (Lipinski definition) is 3. The van der Waals surface area contributed by atoms with Crippen molar-refractivity contribution in [1.29, 1.82) is 0 Å². The quantitative estimate of drug-likeness (QED) is 0.529. The molecule has 1 atom stereocenters. The van der Waals surface area contributed by atoms with Crippen molar-refractivity contribution >= 4 is 34.4 Å². The first-order chi connectivity index (χ1) is 13.0. The largest absolute Gasteiger partial charge is 0.449 e. The molecule has 0 aliphatic carbocycles. The first kappa shape index (κ1) is 18.4. The van der Waals surface area contributed by atoms with Gasteiger partial charge < -0.3 is 10.1 Å². The smallest absolute Gasteiger partial charge is 0.331 e. The Bertz CT molecular complexity index is 985. The SMILES string of the molecule is Cc1ccc(NC(=O)[C@H](C)OC(=O)/C=C/c2cccc3ccccc23)cc1. The summed E-state index contributed by atoms with van der Waals surface area (Å²) >= 11 is 0. The molecular formula is C23H21NO3. The van der Waals surface area contributed by atoms with Crippen molar-refractivity contribution in [2.75, 3.05) is 5.32 Å². The monoisotopic (exact) mass is 359 g/mol. The van der Waals surface area contributed by atoms with Crippen molar-refractivity contribution in [3.8, 4) is 0 Å². The normalized spacial score (nSPS) is 12.1. The van der Waals surface area contributed by atoms with Crippen LogP contribution >= 0.6 is 0 Å². The van der Waals surface area contributed by atoms with E-state index < -0.39 is 12.1 Å². The molecule has 0 saturated heterocycles. The zero-order chi connectivity index (χ0) is 19.2. The molecule has 3 aromatic rings. The van der Waals surface area contributed by atoms with E-state index in [0.717, 1.165) is 21.9 Å². The Morgan fingerprint density at radius 3 is 2.44 bits per heavy atom. The van der Waals surface area contributed by atoms with E-state index in [2.05, 4.69) is 5.32 Å². The van der Waals surface area contributed by atoms with E-state index in [1.165, 1.54) is 6.08 Å². The molecule has 0 fully saturated rings. The molecule has 0 aliphatic rings. The Morgan fingerprint density at radius 2 is 1.67 bits per heavy atom. The van der Waals surface area contributed by atoms with Crippen molar-refractivity contribution in [3.63, 3.8) is 0 Å². The Kier molecular flexibility index (Phi) is 5.67. The third-order valence-electron chi connectivity index (χ3n) is 4.20. The summed E-state index contributed by atoms with van der Waals surface area (Å²) < 4.78 is 5.20. The second-order valence-electron chi connectivity index (χ2n) is 6.34. The summed E-state index contributed by atoms with van der Waals surface area (Å²) in [6.45, 7) is 3.52. The molecule has 1 amide bonds. The van der Waals surface area contributed by atoms with Gasteiger partial charge in [0.1, 0.15) is 0 Å². The first-order valence-electron chi connectivity index (χ1n) is 8.77. The summed E-state index contributed by atoms with van der Waals surface area (Å²) in [4.78, 5) is 24.2. The van der Waals surface area contributed by atoms with Crippen molar-refractivity contribution in [2.24, 2.45) is 0 Å². The van der Waals surface area contributed by atoms with E-state index in [9.17, 15) is 9.59 Å². The molecule has 4 nitrogen and oxygen atoms in total. The van der Waals surface area contributed by atoms with Crippen LogP contribution in [0.1, 0.15) is 18.1 Å². The van der Waals surface area contributed by atoms with Gasteiger partial charge in [0.15, 0.2) is 6.10 Å². The second kappa shape index (κ2) is 8.32. The van der Waals surface area contributed by atoms with Gasteiger partial charge in [-0.15, -0.1) is 0 Å². The third kappa shape index (κ3) is 4.82. The number of hydrogen-bond donors (Lipinski definition) is 1. The minimum Gasteiger partial charge on any atom is -0.449 e. The molecule has 0 unspecified atom stereocenters. The molecule has 3 rings (SSSR count). The molecule has 0 spiro atoms. The Hall–Kier alpha value is -3.40. The highest BCUT2D eigenvalue weighted by atomic mass is 16.5. The minimum absolute atomic E-state index is 0.370. The van der Waals surface area contributed by atoms with Crippen molar-refractivity contribution in [1.82, 2.24) is 0 Å². The summed E-state index contributed by atoms with van der Waals surface area (Å²) in [6.07, 6.45) is 2.16. The van der Waals surface area contributed by atoms with Crippen LogP contribution in [0.25, 0.3) is 16.8 Å². The maximum atomic E-state index is 12.2. The number of aryl methyl sites for hydroxylation is 1. The topological polar surface area (TPSA) is 55.4 Å².